The SMILES string of the molecule is O=C(O)CSc1ccc(C(=O)/C=C/c2cccc(Br)c2)cc1F. The van der Waals surface area contributed by atoms with Crippen molar-refractivity contribution < 1.29 is 19.1 Å². The van der Waals surface area contributed by atoms with E-state index in [2.05, 4.69) is 15.9 Å². The zero-order valence-electron chi connectivity index (χ0n) is 11.8. The maximum absolute atomic E-state index is 13.9. The zero-order chi connectivity index (χ0) is 16.8. The Balaban J connectivity index is 2.10. The van der Waals surface area contributed by atoms with E-state index in [0.29, 0.717) is 0 Å². The van der Waals surface area contributed by atoms with Gasteiger partial charge in [-0.05, 0) is 42.0 Å². The second-order valence-corrected chi connectivity index (χ2v) is 6.51. The Hall–Kier alpha value is -1.92. The summed E-state index contributed by atoms with van der Waals surface area (Å²) < 4.78 is 14.8. The van der Waals surface area contributed by atoms with Gasteiger partial charge in [-0.15, -0.1) is 11.8 Å². The Labute approximate surface area is 145 Å². The number of carboxylic acids is 1. The van der Waals surface area contributed by atoms with Crippen molar-refractivity contribution in [2.45, 2.75) is 4.90 Å². The molecule has 1 N–H and O–H groups in total. The van der Waals surface area contributed by atoms with Gasteiger partial charge in [0.2, 0.25) is 0 Å². The van der Waals surface area contributed by atoms with Crippen molar-refractivity contribution in [3.05, 3.63) is 70.0 Å². The highest BCUT2D eigenvalue weighted by Gasteiger charge is 2.09. The Morgan fingerprint density at radius 3 is 2.65 bits per heavy atom. The van der Waals surface area contributed by atoms with Gasteiger partial charge in [0.05, 0.1) is 5.75 Å². The average molecular weight is 395 g/mol. The summed E-state index contributed by atoms with van der Waals surface area (Å²) in [5.41, 5.74) is 1.07. The molecule has 0 unspecified atom stereocenters. The van der Waals surface area contributed by atoms with Crippen LogP contribution in [0.2, 0.25) is 0 Å². The third-order valence-electron chi connectivity index (χ3n) is 2.84. The average Bonchev–Trinajstić information content (AvgIpc) is 2.51. The molecular weight excluding hydrogens is 383 g/mol. The van der Waals surface area contributed by atoms with Gasteiger partial charge in [0.1, 0.15) is 5.82 Å². The van der Waals surface area contributed by atoms with Gasteiger partial charge in [-0.1, -0.05) is 34.1 Å². The predicted octanol–water partition coefficient (Wildman–Crippen LogP) is 4.66. The molecule has 2 aromatic carbocycles. The minimum absolute atomic E-state index is 0.208. The van der Waals surface area contributed by atoms with Crippen molar-refractivity contribution in [2.75, 3.05) is 5.75 Å². The normalized spacial score (nSPS) is 10.9. The van der Waals surface area contributed by atoms with E-state index in [-0.39, 0.29) is 22.0 Å². The van der Waals surface area contributed by atoms with Gasteiger partial charge in [-0.3, -0.25) is 9.59 Å². The van der Waals surface area contributed by atoms with Crippen LogP contribution in [0, 0.1) is 5.82 Å². The fourth-order valence-electron chi connectivity index (χ4n) is 1.79. The number of carboxylic acid groups (broad SMARTS) is 1. The summed E-state index contributed by atoms with van der Waals surface area (Å²) in [6, 6.07) is 11.5. The van der Waals surface area contributed by atoms with Gasteiger partial charge < -0.3 is 5.11 Å². The van der Waals surface area contributed by atoms with E-state index >= 15 is 0 Å². The summed E-state index contributed by atoms with van der Waals surface area (Å²) in [7, 11) is 0. The van der Waals surface area contributed by atoms with Crippen molar-refractivity contribution in [3.63, 3.8) is 0 Å². The van der Waals surface area contributed by atoms with Crippen LogP contribution in [-0.2, 0) is 4.79 Å². The molecule has 0 bridgehead atoms. The second kappa shape index (κ2) is 8.08. The van der Waals surface area contributed by atoms with Crippen LogP contribution in [0.1, 0.15) is 15.9 Å². The van der Waals surface area contributed by atoms with Crippen LogP contribution < -0.4 is 0 Å². The number of hydrogen-bond acceptors (Lipinski definition) is 3. The van der Waals surface area contributed by atoms with Gasteiger partial charge in [-0.2, -0.15) is 0 Å². The highest BCUT2D eigenvalue weighted by atomic mass is 79.9. The molecule has 0 saturated carbocycles. The molecule has 3 nitrogen and oxygen atoms in total. The van der Waals surface area contributed by atoms with E-state index in [1.54, 1.807) is 6.08 Å². The number of thioether (sulfide) groups is 1. The molecule has 118 valence electrons. The van der Waals surface area contributed by atoms with Crippen LogP contribution in [0.4, 0.5) is 4.39 Å². The summed E-state index contributed by atoms with van der Waals surface area (Å²) >= 11 is 4.22. The number of allylic oxidation sites excluding steroid dienone is 1. The number of benzene rings is 2. The molecule has 0 amide bonds. The van der Waals surface area contributed by atoms with Crippen LogP contribution in [0.3, 0.4) is 0 Å². The number of hydrogen-bond donors (Lipinski definition) is 1. The molecule has 0 radical (unpaired) electrons. The van der Waals surface area contributed by atoms with Gasteiger partial charge in [0.15, 0.2) is 5.78 Å². The molecule has 0 aliphatic rings. The Kier molecular flexibility index (Phi) is 6.12. The van der Waals surface area contributed by atoms with Gasteiger partial charge >= 0.3 is 5.97 Å². The minimum atomic E-state index is -1.02. The molecule has 0 atom stereocenters. The van der Waals surface area contributed by atoms with Crippen molar-refractivity contribution in [3.8, 4) is 0 Å². The van der Waals surface area contributed by atoms with Crippen molar-refractivity contribution in [1.82, 2.24) is 0 Å². The number of aliphatic carboxylic acids is 1. The zero-order valence-corrected chi connectivity index (χ0v) is 14.2. The highest BCUT2D eigenvalue weighted by Crippen LogP contribution is 2.23. The maximum atomic E-state index is 13.9. The Morgan fingerprint density at radius 1 is 1.22 bits per heavy atom. The van der Waals surface area contributed by atoms with Crippen molar-refractivity contribution in [2.24, 2.45) is 0 Å². The summed E-state index contributed by atoms with van der Waals surface area (Å²) in [6.45, 7) is 0. The molecule has 6 heteroatoms. The largest absolute Gasteiger partial charge is 0.481 e. The second-order valence-electron chi connectivity index (χ2n) is 4.58. The molecule has 0 aliphatic heterocycles. The fourth-order valence-corrected chi connectivity index (χ4v) is 2.85. The summed E-state index contributed by atoms with van der Waals surface area (Å²) in [6.07, 6.45) is 3.03. The lowest BCUT2D eigenvalue weighted by molar-refractivity contribution is -0.133. The molecule has 0 aliphatic carbocycles. The van der Waals surface area contributed by atoms with Crippen LogP contribution >= 0.6 is 27.7 Å². The van der Waals surface area contributed by atoms with Crippen LogP contribution in [0.25, 0.3) is 6.08 Å². The molecule has 0 fully saturated rings. The lowest BCUT2D eigenvalue weighted by Crippen LogP contribution is -2.00. The molecule has 23 heavy (non-hydrogen) atoms. The van der Waals surface area contributed by atoms with E-state index in [0.717, 1.165) is 27.9 Å². The first-order valence-corrected chi connectivity index (χ1v) is 8.35. The quantitative estimate of drug-likeness (QED) is 0.439. The molecule has 0 spiro atoms. The minimum Gasteiger partial charge on any atom is -0.481 e. The summed E-state index contributed by atoms with van der Waals surface area (Å²) in [5, 5.41) is 8.60. The van der Waals surface area contributed by atoms with Crippen LogP contribution in [-0.4, -0.2) is 22.6 Å². The third-order valence-corrected chi connectivity index (χ3v) is 4.37. The monoisotopic (exact) mass is 394 g/mol. The van der Waals surface area contributed by atoms with E-state index in [1.165, 1.54) is 18.2 Å². The number of ketones is 1. The molecule has 0 saturated heterocycles. The van der Waals surface area contributed by atoms with Crippen LogP contribution in [0.15, 0.2) is 57.9 Å². The predicted molar refractivity (Wildman–Crippen MR) is 92.3 cm³/mol. The number of rotatable bonds is 6. The lowest BCUT2D eigenvalue weighted by atomic mass is 10.1. The molecule has 0 heterocycles. The summed E-state index contributed by atoms with van der Waals surface area (Å²) in [5.74, 6) is -2.17. The molecule has 2 rings (SSSR count). The fraction of sp³-hybridized carbons (Fsp3) is 0.0588. The van der Waals surface area contributed by atoms with E-state index < -0.39 is 11.8 Å². The smallest absolute Gasteiger partial charge is 0.313 e. The topological polar surface area (TPSA) is 54.4 Å². The van der Waals surface area contributed by atoms with Crippen molar-refractivity contribution >= 4 is 45.5 Å². The third kappa shape index (κ3) is 5.33. The first kappa shape index (κ1) is 17.4. The highest BCUT2D eigenvalue weighted by molar-refractivity contribution is 9.10. The number of halogens is 2. The lowest BCUT2D eigenvalue weighted by Gasteiger charge is -2.03. The Morgan fingerprint density at radius 2 is 2.00 bits per heavy atom. The Bertz CT molecular complexity index is 774. The summed E-state index contributed by atoms with van der Waals surface area (Å²) in [4.78, 5) is 22.8. The number of carbonyl (C=O) groups is 2. The van der Waals surface area contributed by atoms with Gasteiger partial charge in [0, 0.05) is 14.9 Å². The standard InChI is InChI=1S/C17H12BrFO3S/c18-13-3-1-2-11(8-13)4-6-15(20)12-5-7-16(14(19)9-12)23-10-17(21)22/h1-9H,10H2,(H,21,22)/b6-4+. The maximum Gasteiger partial charge on any atom is 0.313 e. The molecular formula is C17H12BrFO3S. The first-order valence-electron chi connectivity index (χ1n) is 6.58. The van der Waals surface area contributed by atoms with Gasteiger partial charge in [-0.25, -0.2) is 4.39 Å². The molecule has 2 aromatic rings. The van der Waals surface area contributed by atoms with Crippen molar-refractivity contribution in [1.29, 1.82) is 0 Å². The van der Waals surface area contributed by atoms with E-state index in [1.807, 2.05) is 24.3 Å². The van der Waals surface area contributed by atoms with Crippen LogP contribution in [0.5, 0.6) is 0 Å². The van der Waals surface area contributed by atoms with E-state index in [4.69, 9.17) is 5.11 Å². The first-order chi connectivity index (χ1) is 11.0. The number of carbonyl (C=O) groups excluding carboxylic acids is 1. The van der Waals surface area contributed by atoms with Gasteiger partial charge in [0.25, 0.3) is 0 Å². The molecule has 0 aromatic heterocycles. The van der Waals surface area contributed by atoms with E-state index in [9.17, 15) is 14.0 Å².